The molecule has 2 aliphatic carbocycles. The molecular weight excluding hydrogens is 380 g/mol. The van der Waals surface area contributed by atoms with E-state index in [1.165, 1.54) is 5.57 Å². The Balaban J connectivity index is 1.95. The summed E-state index contributed by atoms with van der Waals surface area (Å²) < 4.78 is 1.81. The number of aromatic nitrogens is 2. The van der Waals surface area contributed by atoms with Gasteiger partial charge in [-0.25, -0.2) is 4.98 Å². The van der Waals surface area contributed by atoms with E-state index in [2.05, 4.69) is 70.2 Å². The third-order valence-corrected chi connectivity index (χ3v) is 6.69. The molecule has 0 spiro atoms. The molecule has 0 amide bonds. The van der Waals surface area contributed by atoms with Crippen LogP contribution >= 0.6 is 0 Å². The lowest BCUT2D eigenvalue weighted by molar-refractivity contribution is 0.601. The summed E-state index contributed by atoms with van der Waals surface area (Å²) in [4.78, 5) is 19.1. The maximum absolute atomic E-state index is 14.0. The number of hydrogen-bond donors (Lipinski definition) is 0. The van der Waals surface area contributed by atoms with Crippen molar-refractivity contribution in [3.63, 3.8) is 0 Å². The fourth-order valence-electron chi connectivity index (χ4n) is 5.11. The molecule has 0 atom stereocenters. The molecular formula is C28H24N2O. The number of rotatable bonds is 0. The molecule has 3 nitrogen and oxygen atoms in total. The van der Waals surface area contributed by atoms with Crippen LogP contribution in [0.2, 0.25) is 0 Å². The van der Waals surface area contributed by atoms with Gasteiger partial charge < -0.3 is 0 Å². The minimum Gasteiger partial charge on any atom is -0.268 e. The predicted molar refractivity (Wildman–Crippen MR) is 130 cm³/mol. The molecule has 0 unspecified atom stereocenters. The van der Waals surface area contributed by atoms with Crippen LogP contribution in [0.5, 0.6) is 0 Å². The Bertz CT molecular complexity index is 1640. The van der Waals surface area contributed by atoms with Crippen molar-refractivity contribution in [1.82, 2.24) is 9.38 Å². The largest absolute Gasteiger partial charge is 0.268 e. The minimum absolute atomic E-state index is 0.00884. The molecule has 0 bridgehead atoms. The fourth-order valence-corrected chi connectivity index (χ4v) is 5.11. The van der Waals surface area contributed by atoms with E-state index >= 15 is 0 Å². The van der Waals surface area contributed by atoms with Crippen molar-refractivity contribution < 1.29 is 0 Å². The van der Waals surface area contributed by atoms with Crippen molar-refractivity contribution in [2.75, 3.05) is 0 Å². The molecule has 0 radical (unpaired) electrons. The fraction of sp³-hybridized carbons (Fsp3) is 0.214. The number of nitrogens with zero attached hydrogens (tertiary/aromatic N) is 2. The van der Waals surface area contributed by atoms with Gasteiger partial charge in [-0.15, -0.1) is 0 Å². The molecule has 0 aliphatic heterocycles. The summed E-state index contributed by atoms with van der Waals surface area (Å²) in [5.41, 5.74) is 5.13. The molecule has 0 saturated heterocycles. The first kappa shape index (κ1) is 18.3. The van der Waals surface area contributed by atoms with E-state index in [1.54, 1.807) is 0 Å². The predicted octanol–water partition coefficient (Wildman–Crippen LogP) is 5.53. The van der Waals surface area contributed by atoms with Crippen molar-refractivity contribution >= 4 is 45.2 Å². The number of hydrogen-bond acceptors (Lipinski definition) is 2. The average Bonchev–Trinajstić information content (AvgIpc) is 2.94. The van der Waals surface area contributed by atoms with E-state index in [0.717, 1.165) is 43.8 Å². The Hall–Kier alpha value is -3.46. The van der Waals surface area contributed by atoms with Crippen LogP contribution < -0.4 is 10.8 Å². The maximum Gasteiger partial charge on any atom is 0.264 e. The topological polar surface area (TPSA) is 34.4 Å². The second-order valence-electron chi connectivity index (χ2n) is 9.89. The van der Waals surface area contributed by atoms with Crippen molar-refractivity contribution in [3.05, 3.63) is 87.4 Å². The highest BCUT2D eigenvalue weighted by molar-refractivity contribution is 6.08. The standard InChI is InChI=1S/C28H24N2O/c1-27(2)15-13-19-24-18(10-7-14-28(3,4)20(24)16-27)25-29-21-11-5-8-17-9-6-12-22(23(17)21)30(25)26(19)31/h5-16H,1-4H3. The lowest BCUT2D eigenvalue weighted by atomic mass is 9.76. The highest BCUT2D eigenvalue weighted by Crippen LogP contribution is 2.42. The first-order valence-corrected chi connectivity index (χ1v) is 10.8. The molecule has 0 fully saturated rings. The van der Waals surface area contributed by atoms with Gasteiger partial charge in [-0.1, -0.05) is 88.4 Å². The third-order valence-electron chi connectivity index (χ3n) is 6.69. The normalized spacial score (nSPS) is 18.5. The average molecular weight is 405 g/mol. The smallest absolute Gasteiger partial charge is 0.264 e. The summed E-state index contributed by atoms with van der Waals surface area (Å²) in [7, 11) is 0. The Kier molecular flexibility index (Phi) is 3.44. The van der Waals surface area contributed by atoms with E-state index in [-0.39, 0.29) is 16.4 Å². The van der Waals surface area contributed by atoms with E-state index in [1.807, 2.05) is 34.7 Å². The van der Waals surface area contributed by atoms with Crippen LogP contribution in [0.25, 0.3) is 45.2 Å². The zero-order valence-electron chi connectivity index (χ0n) is 18.2. The van der Waals surface area contributed by atoms with Gasteiger partial charge in [-0.3, -0.25) is 9.20 Å². The molecule has 0 saturated carbocycles. The molecule has 152 valence electrons. The van der Waals surface area contributed by atoms with Gasteiger partial charge in [0.25, 0.3) is 5.56 Å². The third kappa shape index (κ3) is 2.46. The lowest BCUT2D eigenvalue weighted by Crippen LogP contribution is -2.30. The second-order valence-corrected chi connectivity index (χ2v) is 9.89. The number of fused-ring (bicyclic) bond motifs is 3. The van der Waals surface area contributed by atoms with Gasteiger partial charge >= 0.3 is 0 Å². The van der Waals surface area contributed by atoms with Crippen LogP contribution in [-0.4, -0.2) is 9.38 Å². The summed E-state index contributed by atoms with van der Waals surface area (Å²) >= 11 is 0. The summed E-state index contributed by atoms with van der Waals surface area (Å²) in [5.74, 6) is 0. The first-order valence-electron chi connectivity index (χ1n) is 10.8. The summed E-state index contributed by atoms with van der Waals surface area (Å²) in [6.07, 6.45) is 12.9. The van der Waals surface area contributed by atoms with Crippen molar-refractivity contribution in [2.45, 2.75) is 27.7 Å². The zero-order chi connectivity index (χ0) is 21.5. The summed E-state index contributed by atoms with van der Waals surface area (Å²) in [6.45, 7) is 8.81. The Morgan fingerprint density at radius 2 is 1.74 bits per heavy atom. The highest BCUT2D eigenvalue weighted by Gasteiger charge is 2.32. The Morgan fingerprint density at radius 1 is 0.968 bits per heavy atom. The molecule has 2 aromatic heterocycles. The van der Waals surface area contributed by atoms with Gasteiger partial charge in [0.2, 0.25) is 0 Å². The van der Waals surface area contributed by atoms with Gasteiger partial charge in [-0.05, 0) is 23.1 Å². The van der Waals surface area contributed by atoms with Gasteiger partial charge in [-0.2, -0.15) is 0 Å². The van der Waals surface area contributed by atoms with Crippen LogP contribution in [0, 0.1) is 10.8 Å². The Labute approximate surface area is 180 Å². The lowest BCUT2D eigenvalue weighted by Gasteiger charge is -2.28. The van der Waals surface area contributed by atoms with E-state index in [4.69, 9.17) is 4.98 Å². The van der Waals surface area contributed by atoms with E-state index in [0.29, 0.717) is 0 Å². The van der Waals surface area contributed by atoms with Gasteiger partial charge in [0.05, 0.1) is 11.0 Å². The van der Waals surface area contributed by atoms with Crippen LogP contribution in [0.4, 0.5) is 0 Å². The summed E-state index contributed by atoms with van der Waals surface area (Å²) in [6, 6.07) is 12.3. The number of allylic oxidation sites excluding steroid dienone is 5. The highest BCUT2D eigenvalue weighted by atomic mass is 16.1. The molecule has 2 aliphatic rings. The van der Waals surface area contributed by atoms with Crippen molar-refractivity contribution in [1.29, 1.82) is 0 Å². The molecule has 4 aromatic rings. The van der Waals surface area contributed by atoms with Crippen LogP contribution in [-0.2, 0) is 0 Å². The van der Waals surface area contributed by atoms with Crippen LogP contribution in [0.3, 0.4) is 0 Å². The van der Waals surface area contributed by atoms with Gasteiger partial charge in [0, 0.05) is 32.6 Å². The molecule has 2 heterocycles. The first-order chi connectivity index (χ1) is 14.8. The zero-order valence-corrected chi connectivity index (χ0v) is 18.2. The monoisotopic (exact) mass is 404 g/mol. The van der Waals surface area contributed by atoms with Gasteiger partial charge in [0.15, 0.2) is 0 Å². The minimum atomic E-state index is -0.197. The maximum atomic E-state index is 14.0. The molecule has 0 N–H and O–H groups in total. The van der Waals surface area contributed by atoms with E-state index < -0.39 is 0 Å². The van der Waals surface area contributed by atoms with Crippen molar-refractivity contribution in [3.8, 4) is 0 Å². The van der Waals surface area contributed by atoms with E-state index in [9.17, 15) is 4.79 Å². The Morgan fingerprint density at radius 3 is 2.55 bits per heavy atom. The second kappa shape index (κ2) is 5.82. The summed E-state index contributed by atoms with van der Waals surface area (Å²) in [5, 5.41) is 3.14. The number of benzene rings is 2. The van der Waals surface area contributed by atoms with Crippen LogP contribution in [0.1, 0.15) is 38.8 Å². The number of pyridine rings is 1. The van der Waals surface area contributed by atoms with Gasteiger partial charge in [0.1, 0.15) is 5.65 Å². The molecule has 6 rings (SSSR count). The SMILES string of the molecule is CC1(C)C=Cc2c3c(c4nc5cccc6cccc(c65)n4c2=O)=CC=CC(C)(C)C3=C1. The molecule has 31 heavy (non-hydrogen) atoms. The van der Waals surface area contributed by atoms with Crippen molar-refractivity contribution in [2.24, 2.45) is 10.8 Å². The molecule has 2 aromatic carbocycles. The quantitative estimate of drug-likeness (QED) is 0.285. The van der Waals surface area contributed by atoms with Crippen LogP contribution in [0.15, 0.2) is 65.5 Å². The molecule has 3 heteroatoms.